The molecular weight excluding hydrogens is 416 g/mol. The highest BCUT2D eigenvalue weighted by Crippen LogP contribution is 2.30. The van der Waals surface area contributed by atoms with Gasteiger partial charge in [0.1, 0.15) is 6.34 Å². The first kappa shape index (κ1) is 22.0. The van der Waals surface area contributed by atoms with Gasteiger partial charge >= 0.3 is 5.97 Å². The minimum absolute atomic E-state index is 0.0368. The monoisotopic (exact) mass is 438 g/mol. The van der Waals surface area contributed by atoms with Crippen LogP contribution in [0.2, 0.25) is 0 Å². The van der Waals surface area contributed by atoms with Gasteiger partial charge in [-0.2, -0.15) is 0 Å². The summed E-state index contributed by atoms with van der Waals surface area (Å²) in [6.45, 7) is 0. The smallest absolute Gasteiger partial charge is 0.304 e. The normalized spacial score (nSPS) is 12.4. The van der Waals surface area contributed by atoms with Crippen molar-refractivity contribution in [1.29, 1.82) is 0 Å². The van der Waals surface area contributed by atoms with Crippen molar-refractivity contribution in [1.82, 2.24) is 5.43 Å². The number of nitrogens with one attached hydrogen (secondary N) is 2. The van der Waals surface area contributed by atoms with Crippen LogP contribution in [0.1, 0.15) is 23.5 Å². The quantitative estimate of drug-likeness (QED) is 0.175. The SMILES string of the molecule is NNC=Nc1cccc(S(=O)(=O)Nc2cccc(C(CC(=O)O)c3ccccc3)c2)c1. The molecule has 1 unspecified atom stereocenters. The highest BCUT2D eigenvalue weighted by molar-refractivity contribution is 7.92. The van der Waals surface area contributed by atoms with Crippen LogP contribution in [0, 0.1) is 0 Å². The Bertz CT molecular complexity index is 1180. The number of carboxylic acids is 1. The molecular formula is C22H22N4O4S. The van der Waals surface area contributed by atoms with Crippen LogP contribution < -0.4 is 16.0 Å². The number of rotatable bonds is 9. The average Bonchev–Trinajstić information content (AvgIpc) is 2.76. The number of nitrogens with zero attached hydrogens (tertiary/aromatic N) is 1. The van der Waals surface area contributed by atoms with E-state index in [-0.39, 0.29) is 11.3 Å². The van der Waals surface area contributed by atoms with E-state index < -0.39 is 21.9 Å². The van der Waals surface area contributed by atoms with E-state index in [9.17, 15) is 18.3 Å². The summed E-state index contributed by atoms with van der Waals surface area (Å²) in [5.74, 6) is 3.79. The van der Waals surface area contributed by atoms with Gasteiger partial charge in [0.15, 0.2) is 0 Å². The van der Waals surface area contributed by atoms with Crippen LogP contribution in [0.15, 0.2) is 88.8 Å². The second-order valence-corrected chi connectivity index (χ2v) is 8.40. The van der Waals surface area contributed by atoms with Crippen molar-refractivity contribution in [2.75, 3.05) is 4.72 Å². The summed E-state index contributed by atoms with van der Waals surface area (Å²) in [6, 6.07) is 22.1. The summed E-state index contributed by atoms with van der Waals surface area (Å²) in [6.07, 6.45) is 1.13. The summed E-state index contributed by atoms with van der Waals surface area (Å²) in [7, 11) is -3.88. The Kier molecular flexibility index (Phi) is 7.01. The molecule has 0 radical (unpaired) electrons. The van der Waals surface area contributed by atoms with E-state index in [0.29, 0.717) is 16.9 Å². The highest BCUT2D eigenvalue weighted by Gasteiger charge is 2.20. The van der Waals surface area contributed by atoms with E-state index in [1.54, 1.807) is 36.4 Å². The van der Waals surface area contributed by atoms with E-state index in [2.05, 4.69) is 15.1 Å². The van der Waals surface area contributed by atoms with Gasteiger partial charge in [0.2, 0.25) is 0 Å². The lowest BCUT2D eigenvalue weighted by Gasteiger charge is -2.17. The second kappa shape index (κ2) is 9.88. The fourth-order valence-electron chi connectivity index (χ4n) is 3.16. The van der Waals surface area contributed by atoms with Gasteiger partial charge in [-0.1, -0.05) is 48.5 Å². The first-order chi connectivity index (χ1) is 14.9. The lowest BCUT2D eigenvalue weighted by Crippen LogP contribution is -2.18. The molecule has 0 aliphatic carbocycles. The van der Waals surface area contributed by atoms with Crippen LogP contribution in [0.3, 0.4) is 0 Å². The number of aliphatic imine (C=N–C) groups is 1. The highest BCUT2D eigenvalue weighted by atomic mass is 32.2. The number of aliphatic carboxylic acids is 1. The maximum Gasteiger partial charge on any atom is 0.304 e. The second-order valence-electron chi connectivity index (χ2n) is 6.71. The predicted octanol–water partition coefficient (Wildman–Crippen LogP) is 3.22. The van der Waals surface area contributed by atoms with E-state index in [4.69, 9.17) is 5.84 Å². The third kappa shape index (κ3) is 5.91. The molecule has 3 rings (SSSR count). The zero-order chi connectivity index (χ0) is 22.3. The van der Waals surface area contributed by atoms with Crippen LogP contribution in [-0.2, 0) is 14.8 Å². The summed E-state index contributed by atoms with van der Waals surface area (Å²) >= 11 is 0. The van der Waals surface area contributed by atoms with Crippen LogP contribution in [0.4, 0.5) is 11.4 Å². The Morgan fingerprint density at radius 3 is 2.42 bits per heavy atom. The van der Waals surface area contributed by atoms with Crippen LogP contribution >= 0.6 is 0 Å². The van der Waals surface area contributed by atoms with Gasteiger partial charge in [0.05, 0.1) is 17.0 Å². The average molecular weight is 439 g/mol. The summed E-state index contributed by atoms with van der Waals surface area (Å²) in [5, 5.41) is 9.36. The molecule has 3 aromatic carbocycles. The molecule has 5 N–H and O–H groups in total. The Balaban J connectivity index is 1.90. The molecule has 0 heterocycles. The topological polar surface area (TPSA) is 134 Å². The first-order valence-electron chi connectivity index (χ1n) is 9.37. The molecule has 0 saturated heterocycles. The summed E-state index contributed by atoms with van der Waals surface area (Å²) in [4.78, 5) is 15.5. The van der Waals surface area contributed by atoms with E-state index in [1.807, 2.05) is 30.3 Å². The van der Waals surface area contributed by atoms with Crippen molar-refractivity contribution in [3.8, 4) is 0 Å². The third-order valence-electron chi connectivity index (χ3n) is 4.54. The predicted molar refractivity (Wildman–Crippen MR) is 120 cm³/mol. The van der Waals surface area contributed by atoms with Crippen molar-refractivity contribution < 1.29 is 18.3 Å². The zero-order valence-electron chi connectivity index (χ0n) is 16.5. The Labute approximate surface area is 180 Å². The van der Waals surface area contributed by atoms with Crippen molar-refractivity contribution >= 4 is 33.7 Å². The van der Waals surface area contributed by atoms with Crippen LogP contribution in [0.25, 0.3) is 0 Å². The summed E-state index contributed by atoms with van der Waals surface area (Å²) in [5.41, 5.74) is 4.54. The largest absolute Gasteiger partial charge is 0.481 e. The maximum atomic E-state index is 12.9. The molecule has 31 heavy (non-hydrogen) atoms. The number of sulfonamides is 1. The minimum Gasteiger partial charge on any atom is -0.481 e. The summed E-state index contributed by atoms with van der Waals surface area (Å²) < 4.78 is 28.3. The molecule has 0 aromatic heterocycles. The number of hydrazine groups is 1. The number of nitrogens with two attached hydrogens (primary N) is 1. The third-order valence-corrected chi connectivity index (χ3v) is 5.92. The van der Waals surface area contributed by atoms with Gasteiger partial charge in [0.25, 0.3) is 10.0 Å². The van der Waals surface area contributed by atoms with Gasteiger partial charge < -0.3 is 10.5 Å². The lowest BCUT2D eigenvalue weighted by atomic mass is 9.88. The van der Waals surface area contributed by atoms with Crippen molar-refractivity contribution in [3.05, 3.63) is 90.0 Å². The van der Waals surface area contributed by atoms with Crippen LogP contribution in [-0.4, -0.2) is 25.8 Å². The molecule has 1 atom stereocenters. The van der Waals surface area contributed by atoms with Gasteiger partial charge in [-0.05, 0) is 41.5 Å². The lowest BCUT2D eigenvalue weighted by molar-refractivity contribution is -0.137. The first-order valence-corrected chi connectivity index (χ1v) is 10.9. The van der Waals surface area contributed by atoms with Crippen molar-refractivity contribution in [2.24, 2.45) is 10.8 Å². The molecule has 8 nitrogen and oxygen atoms in total. The molecule has 0 fully saturated rings. The Morgan fingerprint density at radius 2 is 1.71 bits per heavy atom. The van der Waals surface area contributed by atoms with E-state index in [1.165, 1.54) is 18.5 Å². The zero-order valence-corrected chi connectivity index (χ0v) is 17.3. The van der Waals surface area contributed by atoms with E-state index >= 15 is 0 Å². The van der Waals surface area contributed by atoms with Gasteiger partial charge in [-0.25, -0.2) is 19.3 Å². The molecule has 160 valence electrons. The molecule has 0 aliphatic rings. The standard InChI is InChI=1S/C22H22N4O4S/c23-25-15-24-18-9-5-11-20(13-18)31(29,30)26-19-10-4-8-17(12-19)21(14-22(27)28)16-6-2-1-3-7-16/h1-13,15,21,26H,14,23H2,(H,24,25)(H,27,28). The number of carboxylic acid groups (broad SMARTS) is 1. The molecule has 0 saturated carbocycles. The molecule has 0 aliphatic heterocycles. The van der Waals surface area contributed by atoms with E-state index in [0.717, 1.165) is 5.56 Å². The van der Waals surface area contributed by atoms with Gasteiger partial charge in [-0.3, -0.25) is 9.52 Å². The number of benzene rings is 3. The molecule has 0 amide bonds. The van der Waals surface area contributed by atoms with Crippen molar-refractivity contribution in [2.45, 2.75) is 17.2 Å². The Hall–Kier alpha value is -3.69. The number of carbonyl (C=O) groups is 1. The molecule has 3 aromatic rings. The molecule has 9 heteroatoms. The Morgan fingerprint density at radius 1 is 1.00 bits per heavy atom. The number of hydrogen-bond donors (Lipinski definition) is 4. The van der Waals surface area contributed by atoms with Gasteiger partial charge in [-0.15, -0.1) is 0 Å². The maximum absolute atomic E-state index is 12.9. The number of anilines is 1. The number of hydrogen-bond acceptors (Lipinski definition) is 5. The van der Waals surface area contributed by atoms with Crippen molar-refractivity contribution in [3.63, 3.8) is 0 Å². The molecule has 0 spiro atoms. The van der Waals surface area contributed by atoms with Gasteiger partial charge in [0, 0.05) is 11.6 Å². The fraction of sp³-hybridized carbons (Fsp3) is 0.0909. The fourth-order valence-corrected chi connectivity index (χ4v) is 4.25. The minimum atomic E-state index is -3.88. The van der Waals surface area contributed by atoms with Crippen LogP contribution in [0.5, 0.6) is 0 Å². The molecule has 0 bridgehead atoms.